The number of hydrogen-bond donors (Lipinski definition) is 2. The van der Waals surface area contributed by atoms with Gasteiger partial charge in [0.05, 0.1) is 12.0 Å². The summed E-state index contributed by atoms with van der Waals surface area (Å²) in [4.78, 5) is 0.106. The van der Waals surface area contributed by atoms with Crippen LogP contribution in [0.5, 0.6) is 5.75 Å². The highest BCUT2D eigenvalue weighted by Gasteiger charge is 2.15. The lowest BCUT2D eigenvalue weighted by molar-refractivity contribution is 0.415. The van der Waals surface area contributed by atoms with Crippen molar-refractivity contribution in [3.05, 3.63) is 46.9 Å². The summed E-state index contributed by atoms with van der Waals surface area (Å²) in [5.74, 6) is 0.654. The van der Waals surface area contributed by atoms with Crippen LogP contribution in [-0.4, -0.2) is 15.5 Å². The third-order valence-corrected chi connectivity index (χ3v) is 4.72. The molecule has 3 N–H and O–H groups in total. The number of ether oxygens (including phenoxy) is 1. The molecule has 2 aromatic carbocycles. The fourth-order valence-corrected chi connectivity index (χ4v) is 2.90. The second kappa shape index (κ2) is 5.72. The Balaban J connectivity index is 2.27. The highest BCUT2D eigenvalue weighted by Crippen LogP contribution is 2.24. The van der Waals surface area contributed by atoms with Crippen LogP contribution in [0, 0.1) is 0 Å². The predicted molar refractivity (Wildman–Crippen MR) is 82.4 cm³/mol. The van der Waals surface area contributed by atoms with Crippen LogP contribution in [0.15, 0.2) is 51.8 Å². The molecule has 0 amide bonds. The van der Waals surface area contributed by atoms with Gasteiger partial charge in [0.1, 0.15) is 5.75 Å². The summed E-state index contributed by atoms with van der Waals surface area (Å²) < 4.78 is 32.6. The molecule has 0 aliphatic rings. The van der Waals surface area contributed by atoms with Crippen LogP contribution >= 0.6 is 15.9 Å². The number of sulfonamides is 1. The normalized spacial score (nSPS) is 11.1. The van der Waals surface area contributed by atoms with Gasteiger partial charge >= 0.3 is 0 Å². The van der Waals surface area contributed by atoms with E-state index >= 15 is 0 Å². The molecule has 0 bridgehead atoms. The Kier molecular flexibility index (Phi) is 4.20. The van der Waals surface area contributed by atoms with Crippen molar-refractivity contribution in [2.24, 2.45) is 0 Å². The number of rotatable bonds is 4. The van der Waals surface area contributed by atoms with E-state index < -0.39 is 10.0 Å². The van der Waals surface area contributed by atoms with Crippen molar-refractivity contribution in [1.29, 1.82) is 0 Å². The molecular weight excluding hydrogens is 344 g/mol. The van der Waals surface area contributed by atoms with Crippen LogP contribution in [0.4, 0.5) is 11.4 Å². The Morgan fingerprint density at radius 2 is 1.80 bits per heavy atom. The molecule has 0 saturated carbocycles. The van der Waals surface area contributed by atoms with Crippen LogP contribution in [0.1, 0.15) is 0 Å². The van der Waals surface area contributed by atoms with Crippen molar-refractivity contribution >= 4 is 37.3 Å². The summed E-state index contributed by atoms with van der Waals surface area (Å²) in [6, 6.07) is 11.1. The third kappa shape index (κ3) is 3.23. The summed E-state index contributed by atoms with van der Waals surface area (Å²) in [5.41, 5.74) is 6.51. The zero-order chi connectivity index (χ0) is 14.8. The number of halogens is 1. The summed E-state index contributed by atoms with van der Waals surface area (Å²) in [6.07, 6.45) is 0. The lowest BCUT2D eigenvalue weighted by Gasteiger charge is -2.09. The van der Waals surface area contributed by atoms with Gasteiger partial charge in [-0.15, -0.1) is 0 Å². The first-order valence-electron chi connectivity index (χ1n) is 5.64. The van der Waals surface area contributed by atoms with Crippen LogP contribution in [0.25, 0.3) is 0 Å². The van der Waals surface area contributed by atoms with Gasteiger partial charge in [-0.25, -0.2) is 8.42 Å². The maximum Gasteiger partial charge on any atom is 0.261 e. The molecule has 0 radical (unpaired) electrons. The Labute approximate surface area is 125 Å². The monoisotopic (exact) mass is 356 g/mol. The smallest absolute Gasteiger partial charge is 0.261 e. The fourth-order valence-electron chi connectivity index (χ4n) is 1.56. The van der Waals surface area contributed by atoms with Gasteiger partial charge in [0.2, 0.25) is 0 Å². The second-order valence-electron chi connectivity index (χ2n) is 4.02. The fraction of sp³-hybridized carbons (Fsp3) is 0.0769. The largest absolute Gasteiger partial charge is 0.497 e. The minimum absolute atomic E-state index is 0.106. The van der Waals surface area contributed by atoms with Crippen molar-refractivity contribution in [2.45, 2.75) is 4.90 Å². The van der Waals surface area contributed by atoms with E-state index in [1.807, 2.05) is 0 Å². The molecule has 0 atom stereocenters. The van der Waals surface area contributed by atoms with E-state index in [0.29, 0.717) is 21.6 Å². The number of anilines is 2. The Hall–Kier alpha value is -1.73. The topological polar surface area (TPSA) is 81.4 Å². The van der Waals surface area contributed by atoms with E-state index in [9.17, 15) is 8.42 Å². The van der Waals surface area contributed by atoms with Gasteiger partial charge in [-0.05, 0) is 58.4 Å². The molecule has 2 rings (SSSR count). The molecule has 0 aliphatic heterocycles. The lowest BCUT2D eigenvalue weighted by atomic mass is 10.3. The molecule has 0 saturated heterocycles. The first-order chi connectivity index (χ1) is 9.42. The van der Waals surface area contributed by atoms with Crippen LogP contribution < -0.4 is 15.2 Å². The highest BCUT2D eigenvalue weighted by molar-refractivity contribution is 9.10. The number of benzene rings is 2. The van der Waals surface area contributed by atoms with E-state index in [0.717, 1.165) is 0 Å². The van der Waals surface area contributed by atoms with Gasteiger partial charge in [-0.1, -0.05) is 0 Å². The Morgan fingerprint density at radius 3 is 2.35 bits per heavy atom. The molecular formula is C13H13BrN2O3S. The number of methoxy groups -OCH3 is 1. The molecule has 2 aromatic rings. The Bertz CT molecular complexity index is 715. The van der Waals surface area contributed by atoms with E-state index in [4.69, 9.17) is 10.5 Å². The van der Waals surface area contributed by atoms with Crippen molar-refractivity contribution in [2.75, 3.05) is 17.6 Å². The molecule has 0 spiro atoms. The molecule has 0 unspecified atom stereocenters. The van der Waals surface area contributed by atoms with Crippen molar-refractivity contribution in [3.63, 3.8) is 0 Å². The van der Waals surface area contributed by atoms with Crippen molar-refractivity contribution in [1.82, 2.24) is 0 Å². The molecule has 0 aromatic heterocycles. The number of nitrogens with two attached hydrogens (primary N) is 1. The van der Waals surface area contributed by atoms with Gasteiger partial charge in [0.25, 0.3) is 10.0 Å². The number of nitrogens with one attached hydrogen (secondary N) is 1. The molecule has 0 aliphatic carbocycles. The summed E-state index contributed by atoms with van der Waals surface area (Å²) in [7, 11) is -2.12. The minimum Gasteiger partial charge on any atom is -0.497 e. The van der Waals surface area contributed by atoms with Gasteiger partial charge < -0.3 is 10.5 Å². The van der Waals surface area contributed by atoms with Gasteiger partial charge in [0.15, 0.2) is 0 Å². The maximum atomic E-state index is 12.2. The van der Waals surface area contributed by atoms with Gasteiger partial charge in [-0.2, -0.15) is 0 Å². The summed E-state index contributed by atoms with van der Waals surface area (Å²) in [5, 5.41) is 0. The zero-order valence-electron chi connectivity index (χ0n) is 10.6. The Morgan fingerprint density at radius 1 is 1.15 bits per heavy atom. The first-order valence-corrected chi connectivity index (χ1v) is 7.92. The third-order valence-electron chi connectivity index (χ3n) is 2.62. The second-order valence-corrected chi connectivity index (χ2v) is 6.55. The summed E-state index contributed by atoms with van der Waals surface area (Å²) >= 11 is 3.22. The van der Waals surface area contributed by atoms with Crippen LogP contribution in [-0.2, 0) is 10.0 Å². The van der Waals surface area contributed by atoms with E-state index in [1.165, 1.54) is 12.1 Å². The van der Waals surface area contributed by atoms with Crippen LogP contribution in [0.2, 0.25) is 0 Å². The van der Waals surface area contributed by atoms with Crippen molar-refractivity contribution in [3.8, 4) is 5.75 Å². The van der Waals surface area contributed by atoms with Crippen LogP contribution in [0.3, 0.4) is 0 Å². The maximum absolute atomic E-state index is 12.2. The van der Waals surface area contributed by atoms with Crippen molar-refractivity contribution < 1.29 is 13.2 Å². The predicted octanol–water partition coefficient (Wildman–Crippen LogP) is 2.84. The average molecular weight is 357 g/mol. The molecule has 106 valence electrons. The van der Waals surface area contributed by atoms with E-state index in [-0.39, 0.29) is 4.90 Å². The molecule has 20 heavy (non-hydrogen) atoms. The molecule has 7 heteroatoms. The molecule has 0 fully saturated rings. The quantitative estimate of drug-likeness (QED) is 0.825. The standard InChI is InChI=1S/C13H13BrN2O3S/c1-19-10-4-2-9(3-5-10)16-20(17,18)11-6-7-12(14)13(15)8-11/h2-8,16H,15H2,1H3. The SMILES string of the molecule is COc1ccc(NS(=O)(=O)c2ccc(Br)c(N)c2)cc1. The van der Waals surface area contributed by atoms with E-state index in [1.54, 1.807) is 37.4 Å². The molecule has 0 heterocycles. The minimum atomic E-state index is -3.66. The number of nitrogen functional groups attached to an aromatic ring is 1. The lowest BCUT2D eigenvalue weighted by Crippen LogP contribution is -2.13. The zero-order valence-corrected chi connectivity index (χ0v) is 13.0. The summed E-state index contributed by atoms with van der Waals surface area (Å²) in [6.45, 7) is 0. The first kappa shape index (κ1) is 14.7. The molecule has 5 nitrogen and oxygen atoms in total. The average Bonchev–Trinajstić information content (AvgIpc) is 2.42. The number of hydrogen-bond acceptors (Lipinski definition) is 4. The highest BCUT2D eigenvalue weighted by atomic mass is 79.9. The van der Waals surface area contributed by atoms with Gasteiger partial charge in [-0.3, -0.25) is 4.72 Å². The van der Waals surface area contributed by atoms with Gasteiger partial charge in [0, 0.05) is 15.8 Å². The van der Waals surface area contributed by atoms with E-state index in [2.05, 4.69) is 20.7 Å².